The molecule has 0 bridgehead atoms. The summed E-state index contributed by atoms with van der Waals surface area (Å²) in [5, 5.41) is 3.36. The molecule has 84 valence electrons. The molecule has 1 aliphatic heterocycles. The van der Waals surface area contributed by atoms with Crippen LogP contribution in [-0.4, -0.2) is 18.1 Å². The van der Waals surface area contributed by atoms with Gasteiger partial charge in [0.05, 0.1) is 0 Å². The van der Waals surface area contributed by atoms with Gasteiger partial charge in [-0.05, 0) is 66.7 Å². The lowest BCUT2D eigenvalue weighted by Gasteiger charge is -2.19. The molecule has 0 radical (unpaired) electrons. The van der Waals surface area contributed by atoms with Gasteiger partial charge in [-0.3, -0.25) is 0 Å². The molecular weight excluding hydrogens is 315 g/mol. The Labute approximate surface area is 108 Å². The van der Waals surface area contributed by atoms with E-state index in [0.717, 1.165) is 42.9 Å². The first kappa shape index (κ1) is 10.5. The zero-order valence-corrected chi connectivity index (χ0v) is 11.0. The summed E-state index contributed by atoms with van der Waals surface area (Å²) in [7, 11) is 0. The first-order chi connectivity index (χ1) is 7.83. The number of halogens is 1. The summed E-state index contributed by atoms with van der Waals surface area (Å²) in [5.41, 5.74) is 1.90. The number of fused-ring (bicyclic) bond motifs is 1. The molecule has 3 nitrogen and oxygen atoms in total. The molecule has 2 aromatic rings. The maximum atomic E-state index is 5.84. The molecule has 0 atom stereocenters. The van der Waals surface area contributed by atoms with E-state index < -0.39 is 0 Å². The molecule has 1 aliphatic rings. The standard InChI is InChI=1S/C12H13IN2O/c13-9-1-2-10-11(7-9)16-12(15-10)8-3-5-14-6-4-8/h1-2,7-8,14H,3-6H2. The molecule has 0 amide bonds. The average molecular weight is 328 g/mol. The highest BCUT2D eigenvalue weighted by molar-refractivity contribution is 14.1. The van der Waals surface area contributed by atoms with Crippen LogP contribution in [0.3, 0.4) is 0 Å². The number of hydrogen-bond acceptors (Lipinski definition) is 3. The average Bonchev–Trinajstić information content (AvgIpc) is 2.73. The Bertz CT molecular complexity index is 503. The Morgan fingerprint density at radius 1 is 1.31 bits per heavy atom. The summed E-state index contributed by atoms with van der Waals surface area (Å²) in [6, 6.07) is 6.15. The van der Waals surface area contributed by atoms with Gasteiger partial charge in [0, 0.05) is 9.49 Å². The van der Waals surface area contributed by atoms with Gasteiger partial charge in [-0.25, -0.2) is 4.98 Å². The quantitative estimate of drug-likeness (QED) is 0.818. The van der Waals surface area contributed by atoms with E-state index in [1.54, 1.807) is 0 Å². The van der Waals surface area contributed by atoms with E-state index in [9.17, 15) is 0 Å². The molecule has 1 aromatic carbocycles. The zero-order chi connectivity index (χ0) is 11.0. The molecule has 1 aromatic heterocycles. The van der Waals surface area contributed by atoms with E-state index in [-0.39, 0.29) is 0 Å². The topological polar surface area (TPSA) is 38.1 Å². The third kappa shape index (κ3) is 1.96. The lowest BCUT2D eigenvalue weighted by atomic mass is 9.98. The van der Waals surface area contributed by atoms with Crippen LogP contribution in [0.4, 0.5) is 0 Å². The summed E-state index contributed by atoms with van der Waals surface area (Å²) >= 11 is 2.29. The fourth-order valence-electron chi connectivity index (χ4n) is 2.16. The van der Waals surface area contributed by atoms with Crippen LogP contribution in [0, 0.1) is 3.57 Å². The van der Waals surface area contributed by atoms with Gasteiger partial charge in [-0.15, -0.1) is 0 Å². The number of rotatable bonds is 1. The molecule has 2 heterocycles. The number of benzene rings is 1. The highest BCUT2D eigenvalue weighted by Crippen LogP contribution is 2.28. The van der Waals surface area contributed by atoms with Crippen LogP contribution >= 0.6 is 22.6 Å². The van der Waals surface area contributed by atoms with E-state index in [0.29, 0.717) is 5.92 Å². The lowest BCUT2D eigenvalue weighted by Crippen LogP contribution is -2.26. The normalized spacial score (nSPS) is 18.1. The molecule has 0 saturated carbocycles. The van der Waals surface area contributed by atoms with Crippen LogP contribution in [0.5, 0.6) is 0 Å². The van der Waals surface area contributed by atoms with Crippen molar-refractivity contribution < 1.29 is 4.42 Å². The number of nitrogens with zero attached hydrogens (tertiary/aromatic N) is 1. The van der Waals surface area contributed by atoms with Crippen LogP contribution in [0.1, 0.15) is 24.7 Å². The molecule has 3 rings (SSSR count). The molecule has 1 N–H and O–H groups in total. The summed E-state index contributed by atoms with van der Waals surface area (Å²) in [6.45, 7) is 2.14. The second kappa shape index (κ2) is 4.33. The highest BCUT2D eigenvalue weighted by Gasteiger charge is 2.20. The van der Waals surface area contributed by atoms with Crippen molar-refractivity contribution in [1.82, 2.24) is 10.3 Å². The molecule has 0 aliphatic carbocycles. The van der Waals surface area contributed by atoms with Crippen molar-refractivity contribution in [3.63, 3.8) is 0 Å². The molecular formula is C12H13IN2O. The van der Waals surface area contributed by atoms with Gasteiger partial charge in [0.25, 0.3) is 0 Å². The molecule has 0 unspecified atom stereocenters. The minimum Gasteiger partial charge on any atom is -0.440 e. The monoisotopic (exact) mass is 328 g/mol. The van der Waals surface area contributed by atoms with Crippen LogP contribution in [0.15, 0.2) is 22.6 Å². The molecule has 16 heavy (non-hydrogen) atoms. The van der Waals surface area contributed by atoms with Crippen molar-refractivity contribution in [3.05, 3.63) is 27.7 Å². The lowest BCUT2D eigenvalue weighted by molar-refractivity contribution is 0.385. The van der Waals surface area contributed by atoms with Gasteiger partial charge < -0.3 is 9.73 Å². The second-order valence-corrected chi connectivity index (χ2v) is 5.43. The first-order valence-corrected chi connectivity index (χ1v) is 6.67. The van der Waals surface area contributed by atoms with E-state index in [2.05, 4.69) is 39.0 Å². The predicted octanol–water partition coefficient (Wildman–Crippen LogP) is 2.90. The largest absolute Gasteiger partial charge is 0.440 e. The van der Waals surface area contributed by atoms with Crippen LogP contribution in [0.25, 0.3) is 11.1 Å². The Morgan fingerprint density at radius 3 is 2.94 bits per heavy atom. The third-order valence-corrected chi connectivity index (χ3v) is 3.73. The van der Waals surface area contributed by atoms with Crippen LogP contribution in [-0.2, 0) is 0 Å². The van der Waals surface area contributed by atoms with E-state index in [1.165, 1.54) is 3.57 Å². The maximum Gasteiger partial charge on any atom is 0.198 e. The molecule has 1 fully saturated rings. The Kier molecular flexibility index (Phi) is 2.85. The smallest absolute Gasteiger partial charge is 0.198 e. The molecule has 1 saturated heterocycles. The van der Waals surface area contributed by atoms with Crippen molar-refractivity contribution in [2.45, 2.75) is 18.8 Å². The second-order valence-electron chi connectivity index (χ2n) is 4.19. The Balaban J connectivity index is 1.97. The zero-order valence-electron chi connectivity index (χ0n) is 8.87. The van der Waals surface area contributed by atoms with Gasteiger partial charge >= 0.3 is 0 Å². The van der Waals surface area contributed by atoms with Gasteiger partial charge in [0.2, 0.25) is 0 Å². The summed E-state index contributed by atoms with van der Waals surface area (Å²) in [4.78, 5) is 4.58. The number of piperidine rings is 1. The molecule has 4 heteroatoms. The van der Waals surface area contributed by atoms with E-state index in [4.69, 9.17) is 4.42 Å². The van der Waals surface area contributed by atoms with Gasteiger partial charge in [0.15, 0.2) is 11.5 Å². The van der Waals surface area contributed by atoms with E-state index >= 15 is 0 Å². The van der Waals surface area contributed by atoms with Gasteiger partial charge in [0.1, 0.15) is 5.52 Å². The summed E-state index contributed by atoms with van der Waals surface area (Å²) in [6.07, 6.45) is 2.26. The summed E-state index contributed by atoms with van der Waals surface area (Å²) in [5.74, 6) is 1.41. The van der Waals surface area contributed by atoms with Crippen molar-refractivity contribution in [3.8, 4) is 0 Å². The number of oxazole rings is 1. The van der Waals surface area contributed by atoms with Crippen molar-refractivity contribution in [1.29, 1.82) is 0 Å². The minimum atomic E-state index is 0.492. The van der Waals surface area contributed by atoms with Crippen molar-refractivity contribution in [2.75, 3.05) is 13.1 Å². The summed E-state index contributed by atoms with van der Waals surface area (Å²) < 4.78 is 7.04. The first-order valence-electron chi connectivity index (χ1n) is 5.59. The van der Waals surface area contributed by atoms with Crippen LogP contribution in [0.2, 0.25) is 0 Å². The SMILES string of the molecule is Ic1ccc2nc(C3CCNCC3)oc2c1. The van der Waals surface area contributed by atoms with E-state index in [1.807, 2.05) is 12.1 Å². The predicted molar refractivity (Wildman–Crippen MR) is 71.6 cm³/mol. The van der Waals surface area contributed by atoms with Crippen molar-refractivity contribution >= 4 is 33.7 Å². The molecule has 0 spiro atoms. The van der Waals surface area contributed by atoms with Crippen molar-refractivity contribution in [2.24, 2.45) is 0 Å². The fraction of sp³-hybridized carbons (Fsp3) is 0.417. The minimum absolute atomic E-state index is 0.492. The highest BCUT2D eigenvalue weighted by atomic mass is 127. The fourth-order valence-corrected chi connectivity index (χ4v) is 2.62. The van der Waals surface area contributed by atoms with Gasteiger partial charge in [-0.2, -0.15) is 0 Å². The number of hydrogen-bond donors (Lipinski definition) is 1. The maximum absolute atomic E-state index is 5.84. The van der Waals surface area contributed by atoms with Gasteiger partial charge in [-0.1, -0.05) is 0 Å². The number of nitrogens with one attached hydrogen (secondary N) is 1. The van der Waals surface area contributed by atoms with Crippen LogP contribution < -0.4 is 5.32 Å². The Hall–Kier alpha value is -0.620. The Morgan fingerprint density at radius 2 is 2.12 bits per heavy atom. The third-order valence-electron chi connectivity index (χ3n) is 3.06. The number of aromatic nitrogens is 1.